The molecule has 1 aliphatic heterocycles. The van der Waals surface area contributed by atoms with Crippen molar-refractivity contribution in [2.75, 3.05) is 13.2 Å². The first-order valence-corrected chi connectivity index (χ1v) is 7.35. The van der Waals surface area contributed by atoms with Gasteiger partial charge in [-0.3, -0.25) is 9.36 Å². The Bertz CT molecular complexity index is 574. The van der Waals surface area contributed by atoms with Crippen LogP contribution in [0, 0.1) is 19.8 Å². The van der Waals surface area contributed by atoms with Crippen molar-refractivity contribution in [2.24, 2.45) is 5.92 Å². The number of aryl methyl sites for hydroxylation is 1. The van der Waals surface area contributed by atoms with Crippen LogP contribution in [0.3, 0.4) is 0 Å². The predicted molar refractivity (Wildman–Crippen MR) is 77.5 cm³/mol. The van der Waals surface area contributed by atoms with Crippen molar-refractivity contribution < 1.29 is 14.6 Å². The first kappa shape index (κ1) is 15.7. The second-order valence-electron chi connectivity index (χ2n) is 5.63. The molecule has 2 rings (SSSR count). The van der Waals surface area contributed by atoms with Gasteiger partial charge in [0.25, 0.3) is 0 Å². The minimum atomic E-state index is -0.841. The fourth-order valence-electron chi connectivity index (χ4n) is 2.86. The lowest BCUT2D eigenvalue weighted by atomic mass is 10.0. The molecule has 1 fully saturated rings. The molecule has 0 aliphatic carbocycles. The van der Waals surface area contributed by atoms with Gasteiger partial charge in [-0.1, -0.05) is 0 Å². The highest BCUT2D eigenvalue weighted by molar-refractivity contribution is 5.67. The summed E-state index contributed by atoms with van der Waals surface area (Å²) in [6.07, 6.45) is 2.52. The van der Waals surface area contributed by atoms with E-state index in [-0.39, 0.29) is 12.1 Å². The highest BCUT2D eigenvalue weighted by Gasteiger charge is 2.18. The third kappa shape index (κ3) is 3.91. The topological polar surface area (TPSA) is 81.4 Å². The molecule has 1 unspecified atom stereocenters. The minimum Gasteiger partial charge on any atom is -0.481 e. The van der Waals surface area contributed by atoms with Gasteiger partial charge in [-0.25, -0.2) is 4.79 Å². The predicted octanol–water partition coefficient (Wildman–Crippen LogP) is 1.30. The maximum absolute atomic E-state index is 12.1. The average Bonchev–Trinajstić information content (AvgIpc) is 2.44. The third-order valence-electron chi connectivity index (χ3n) is 4.06. The van der Waals surface area contributed by atoms with E-state index in [1.54, 1.807) is 11.5 Å². The number of nitrogens with zero attached hydrogens (tertiary/aromatic N) is 2. The van der Waals surface area contributed by atoms with Crippen LogP contribution in [0.2, 0.25) is 0 Å². The SMILES string of the molecule is Cc1nc(=O)n(CC2CCCOC2)c(C)c1CCC(=O)O. The maximum atomic E-state index is 12.1. The summed E-state index contributed by atoms with van der Waals surface area (Å²) in [6.45, 7) is 5.69. The van der Waals surface area contributed by atoms with Gasteiger partial charge in [-0.05, 0) is 38.7 Å². The number of hydrogen-bond donors (Lipinski definition) is 1. The molecule has 1 atom stereocenters. The Balaban J connectivity index is 2.25. The number of carbonyl (C=O) groups is 1. The van der Waals surface area contributed by atoms with Crippen LogP contribution in [0.5, 0.6) is 0 Å². The van der Waals surface area contributed by atoms with Gasteiger partial charge in [0.15, 0.2) is 0 Å². The van der Waals surface area contributed by atoms with Crippen LogP contribution in [0.4, 0.5) is 0 Å². The lowest BCUT2D eigenvalue weighted by molar-refractivity contribution is -0.136. The van der Waals surface area contributed by atoms with Crippen LogP contribution >= 0.6 is 0 Å². The standard InChI is InChI=1S/C15H22N2O4/c1-10-13(5-6-14(18)19)11(2)17(15(20)16-10)8-12-4-3-7-21-9-12/h12H,3-9H2,1-2H3,(H,18,19). The molecule has 0 saturated carbocycles. The molecule has 2 heterocycles. The molecule has 0 radical (unpaired) electrons. The van der Waals surface area contributed by atoms with Crippen LogP contribution in [0.1, 0.15) is 36.2 Å². The van der Waals surface area contributed by atoms with E-state index >= 15 is 0 Å². The Morgan fingerprint density at radius 1 is 1.48 bits per heavy atom. The first-order chi connectivity index (χ1) is 9.99. The van der Waals surface area contributed by atoms with E-state index in [1.807, 2.05) is 6.92 Å². The number of aromatic nitrogens is 2. The molecule has 0 spiro atoms. The van der Waals surface area contributed by atoms with Gasteiger partial charge in [0.2, 0.25) is 0 Å². The quantitative estimate of drug-likeness (QED) is 0.885. The van der Waals surface area contributed by atoms with Crippen molar-refractivity contribution in [3.05, 3.63) is 27.4 Å². The fraction of sp³-hybridized carbons (Fsp3) is 0.667. The Morgan fingerprint density at radius 3 is 2.86 bits per heavy atom. The summed E-state index contributed by atoms with van der Waals surface area (Å²) in [7, 11) is 0. The number of carboxylic acids is 1. The Kier molecular flexibility index (Phi) is 5.12. The van der Waals surface area contributed by atoms with E-state index < -0.39 is 5.97 Å². The van der Waals surface area contributed by atoms with Gasteiger partial charge in [-0.2, -0.15) is 4.98 Å². The highest BCUT2D eigenvalue weighted by atomic mass is 16.5. The van der Waals surface area contributed by atoms with E-state index in [0.29, 0.717) is 31.2 Å². The van der Waals surface area contributed by atoms with Gasteiger partial charge in [0, 0.05) is 36.9 Å². The zero-order valence-electron chi connectivity index (χ0n) is 12.6. The van der Waals surface area contributed by atoms with Crippen molar-refractivity contribution in [3.63, 3.8) is 0 Å². The summed E-state index contributed by atoms with van der Waals surface area (Å²) in [5.74, 6) is -0.515. The van der Waals surface area contributed by atoms with Gasteiger partial charge < -0.3 is 9.84 Å². The molecule has 0 amide bonds. The Hall–Kier alpha value is -1.69. The molecular weight excluding hydrogens is 272 g/mol. The number of ether oxygens (including phenoxy) is 1. The second kappa shape index (κ2) is 6.85. The molecule has 0 aromatic carbocycles. The van der Waals surface area contributed by atoms with Crippen LogP contribution in [0.25, 0.3) is 0 Å². The van der Waals surface area contributed by atoms with E-state index in [0.717, 1.165) is 30.7 Å². The molecular formula is C15H22N2O4. The molecule has 1 saturated heterocycles. The smallest absolute Gasteiger partial charge is 0.347 e. The summed E-state index contributed by atoms with van der Waals surface area (Å²) in [5.41, 5.74) is 2.08. The van der Waals surface area contributed by atoms with Gasteiger partial charge in [0.05, 0.1) is 6.61 Å². The van der Waals surface area contributed by atoms with Crippen LogP contribution in [0.15, 0.2) is 4.79 Å². The van der Waals surface area contributed by atoms with Crippen LogP contribution < -0.4 is 5.69 Å². The molecule has 1 aromatic heterocycles. The summed E-state index contributed by atoms with van der Waals surface area (Å²) < 4.78 is 7.12. The third-order valence-corrected chi connectivity index (χ3v) is 4.06. The van der Waals surface area contributed by atoms with Gasteiger partial charge in [-0.15, -0.1) is 0 Å². The molecule has 1 N–H and O–H groups in total. The summed E-state index contributed by atoms with van der Waals surface area (Å²) in [4.78, 5) is 26.9. The number of aliphatic carboxylic acids is 1. The fourth-order valence-corrected chi connectivity index (χ4v) is 2.86. The molecule has 1 aliphatic rings. The van der Waals surface area contributed by atoms with Crippen molar-refractivity contribution >= 4 is 5.97 Å². The molecule has 1 aromatic rings. The number of rotatable bonds is 5. The monoisotopic (exact) mass is 294 g/mol. The van der Waals surface area contributed by atoms with Gasteiger partial charge >= 0.3 is 11.7 Å². The van der Waals surface area contributed by atoms with E-state index in [2.05, 4.69) is 4.98 Å². The number of hydrogen-bond acceptors (Lipinski definition) is 4. The average molecular weight is 294 g/mol. The zero-order chi connectivity index (χ0) is 15.4. The summed E-state index contributed by atoms with van der Waals surface area (Å²) in [5, 5.41) is 8.84. The summed E-state index contributed by atoms with van der Waals surface area (Å²) in [6, 6.07) is 0. The van der Waals surface area contributed by atoms with Gasteiger partial charge in [0.1, 0.15) is 0 Å². The van der Waals surface area contributed by atoms with Crippen LogP contribution in [-0.2, 0) is 22.5 Å². The molecule has 6 heteroatoms. The van der Waals surface area contributed by atoms with Crippen molar-refractivity contribution in [2.45, 2.75) is 46.1 Å². The van der Waals surface area contributed by atoms with E-state index in [1.165, 1.54) is 0 Å². The normalized spacial score (nSPS) is 18.7. The van der Waals surface area contributed by atoms with Crippen molar-refractivity contribution in [3.8, 4) is 0 Å². The van der Waals surface area contributed by atoms with E-state index in [9.17, 15) is 9.59 Å². The van der Waals surface area contributed by atoms with E-state index in [4.69, 9.17) is 9.84 Å². The highest BCUT2D eigenvalue weighted by Crippen LogP contribution is 2.18. The Labute approximate surface area is 123 Å². The molecule has 0 bridgehead atoms. The lowest BCUT2D eigenvalue weighted by Gasteiger charge is -2.24. The Morgan fingerprint density at radius 2 is 2.24 bits per heavy atom. The largest absolute Gasteiger partial charge is 0.481 e. The first-order valence-electron chi connectivity index (χ1n) is 7.35. The lowest BCUT2D eigenvalue weighted by Crippen LogP contribution is -2.33. The summed E-state index contributed by atoms with van der Waals surface area (Å²) >= 11 is 0. The van der Waals surface area contributed by atoms with Crippen molar-refractivity contribution in [1.82, 2.24) is 9.55 Å². The minimum absolute atomic E-state index is 0.0497. The second-order valence-corrected chi connectivity index (χ2v) is 5.63. The van der Waals surface area contributed by atoms with Crippen LogP contribution in [-0.4, -0.2) is 33.8 Å². The zero-order valence-corrected chi connectivity index (χ0v) is 12.6. The number of carboxylic acid groups (broad SMARTS) is 1. The molecule has 21 heavy (non-hydrogen) atoms. The maximum Gasteiger partial charge on any atom is 0.347 e. The van der Waals surface area contributed by atoms with Crippen molar-refractivity contribution in [1.29, 1.82) is 0 Å². The molecule has 116 valence electrons. The molecule has 6 nitrogen and oxygen atoms in total.